The van der Waals surface area contributed by atoms with Gasteiger partial charge in [-0.15, -0.1) is 5.10 Å². The molecule has 0 bridgehead atoms. The smallest absolute Gasteiger partial charge is 0.164 e. The SMILES string of the molecule is Cc1ncnn1O. The van der Waals surface area contributed by atoms with Gasteiger partial charge in [0.15, 0.2) is 5.82 Å². The molecule has 0 aliphatic rings. The molecule has 1 rings (SSSR count). The van der Waals surface area contributed by atoms with E-state index < -0.39 is 0 Å². The quantitative estimate of drug-likeness (QED) is 0.459. The van der Waals surface area contributed by atoms with Gasteiger partial charge < -0.3 is 5.21 Å². The van der Waals surface area contributed by atoms with Gasteiger partial charge in [0, 0.05) is 0 Å². The van der Waals surface area contributed by atoms with Gasteiger partial charge in [0.25, 0.3) is 0 Å². The Hall–Kier alpha value is -1.06. The van der Waals surface area contributed by atoms with E-state index in [0.29, 0.717) is 5.82 Å². The summed E-state index contributed by atoms with van der Waals surface area (Å²) in [5.41, 5.74) is 0. The van der Waals surface area contributed by atoms with Crippen LogP contribution in [0.3, 0.4) is 0 Å². The minimum atomic E-state index is 0.500. The molecule has 7 heavy (non-hydrogen) atoms. The van der Waals surface area contributed by atoms with E-state index in [2.05, 4.69) is 10.1 Å². The Labute approximate surface area is 40.4 Å². The Kier molecular flexibility index (Phi) is 0.714. The van der Waals surface area contributed by atoms with Gasteiger partial charge in [-0.2, -0.15) is 0 Å². The second-order valence-electron chi connectivity index (χ2n) is 1.20. The summed E-state index contributed by atoms with van der Waals surface area (Å²) in [6.45, 7) is 1.66. The first kappa shape index (κ1) is 4.11. The van der Waals surface area contributed by atoms with Gasteiger partial charge in [-0.1, -0.05) is 4.85 Å². The Balaban J connectivity index is 3.12. The van der Waals surface area contributed by atoms with Crippen LogP contribution < -0.4 is 0 Å². The molecule has 1 aromatic rings. The van der Waals surface area contributed by atoms with Crippen molar-refractivity contribution in [1.29, 1.82) is 0 Å². The fourth-order valence-corrected chi connectivity index (χ4v) is 0.293. The number of nitrogens with zero attached hydrogens (tertiary/aromatic N) is 3. The van der Waals surface area contributed by atoms with Crippen molar-refractivity contribution in [3.63, 3.8) is 0 Å². The van der Waals surface area contributed by atoms with E-state index in [4.69, 9.17) is 5.21 Å². The second-order valence-corrected chi connectivity index (χ2v) is 1.20. The molecular weight excluding hydrogens is 94.1 g/mol. The van der Waals surface area contributed by atoms with Gasteiger partial charge in [-0.3, -0.25) is 0 Å². The maximum Gasteiger partial charge on any atom is 0.164 e. The molecule has 38 valence electrons. The maximum absolute atomic E-state index is 8.50. The molecule has 0 spiro atoms. The molecule has 0 aliphatic heterocycles. The highest BCUT2D eigenvalue weighted by molar-refractivity contribution is 4.72. The second kappa shape index (κ2) is 1.22. The van der Waals surface area contributed by atoms with Crippen LogP contribution >= 0.6 is 0 Å². The Morgan fingerprint density at radius 1 is 1.86 bits per heavy atom. The zero-order valence-electron chi connectivity index (χ0n) is 3.87. The third-order valence-corrected chi connectivity index (χ3v) is 0.695. The first-order valence-corrected chi connectivity index (χ1v) is 1.86. The number of hydrogen-bond acceptors (Lipinski definition) is 3. The van der Waals surface area contributed by atoms with E-state index in [0.717, 1.165) is 4.85 Å². The van der Waals surface area contributed by atoms with Crippen molar-refractivity contribution < 1.29 is 5.21 Å². The lowest BCUT2D eigenvalue weighted by Crippen LogP contribution is -1.93. The number of aryl methyl sites for hydroxylation is 1. The van der Waals surface area contributed by atoms with Crippen molar-refractivity contribution >= 4 is 0 Å². The molecule has 0 atom stereocenters. The number of rotatable bonds is 0. The van der Waals surface area contributed by atoms with E-state index in [1.165, 1.54) is 6.33 Å². The zero-order valence-corrected chi connectivity index (χ0v) is 3.87. The van der Waals surface area contributed by atoms with Crippen LogP contribution in [0.1, 0.15) is 5.82 Å². The van der Waals surface area contributed by atoms with Crippen molar-refractivity contribution in [3.8, 4) is 0 Å². The van der Waals surface area contributed by atoms with Crippen molar-refractivity contribution in [2.24, 2.45) is 0 Å². The van der Waals surface area contributed by atoms with E-state index in [9.17, 15) is 0 Å². The third kappa shape index (κ3) is 0.534. The van der Waals surface area contributed by atoms with Gasteiger partial charge in [-0.25, -0.2) is 4.98 Å². The molecule has 0 saturated carbocycles. The topological polar surface area (TPSA) is 50.9 Å². The molecule has 0 fully saturated rings. The molecule has 0 aliphatic carbocycles. The molecular formula is C3H5N3O. The summed E-state index contributed by atoms with van der Waals surface area (Å²) in [6, 6.07) is 0. The highest BCUT2D eigenvalue weighted by Crippen LogP contribution is 1.81. The molecule has 1 N–H and O–H groups in total. The van der Waals surface area contributed by atoms with Crippen LogP contribution in [0.15, 0.2) is 6.33 Å². The minimum Gasteiger partial charge on any atom is -0.410 e. The van der Waals surface area contributed by atoms with Gasteiger partial charge in [0.05, 0.1) is 0 Å². The zero-order chi connectivity index (χ0) is 5.28. The summed E-state index contributed by atoms with van der Waals surface area (Å²) in [4.78, 5) is 4.34. The van der Waals surface area contributed by atoms with Crippen LogP contribution in [0, 0.1) is 6.92 Å². The van der Waals surface area contributed by atoms with Gasteiger partial charge in [0.1, 0.15) is 6.33 Å². The van der Waals surface area contributed by atoms with Crippen molar-refractivity contribution in [1.82, 2.24) is 14.9 Å². The van der Waals surface area contributed by atoms with Gasteiger partial charge >= 0.3 is 0 Å². The molecule has 0 unspecified atom stereocenters. The molecule has 4 heteroatoms. The van der Waals surface area contributed by atoms with Crippen molar-refractivity contribution in [3.05, 3.63) is 12.2 Å². The average Bonchev–Trinajstić information content (AvgIpc) is 1.91. The summed E-state index contributed by atoms with van der Waals surface area (Å²) in [5.74, 6) is 0.500. The fraction of sp³-hybridized carbons (Fsp3) is 0.333. The van der Waals surface area contributed by atoms with E-state index in [1.54, 1.807) is 6.92 Å². The minimum absolute atomic E-state index is 0.500. The molecule has 4 nitrogen and oxygen atoms in total. The molecule has 0 radical (unpaired) electrons. The number of hydrogen-bond donors (Lipinski definition) is 1. The van der Waals surface area contributed by atoms with Gasteiger partial charge in [0.2, 0.25) is 0 Å². The molecule has 1 aromatic heterocycles. The largest absolute Gasteiger partial charge is 0.410 e. The standard InChI is InChI=1S/C3H5N3O/c1-3-4-2-5-6(3)7/h2,7H,1H3. The van der Waals surface area contributed by atoms with Gasteiger partial charge in [-0.05, 0) is 6.92 Å². The molecule has 0 aromatic carbocycles. The summed E-state index contributed by atoms with van der Waals surface area (Å²) in [7, 11) is 0. The van der Waals surface area contributed by atoms with Crippen molar-refractivity contribution in [2.75, 3.05) is 0 Å². The monoisotopic (exact) mass is 99.0 g/mol. The van der Waals surface area contributed by atoms with Crippen molar-refractivity contribution in [2.45, 2.75) is 6.92 Å². The normalized spacial score (nSPS) is 9.29. The lowest BCUT2D eigenvalue weighted by molar-refractivity contribution is 0.141. The van der Waals surface area contributed by atoms with Crippen LogP contribution in [0.2, 0.25) is 0 Å². The Morgan fingerprint density at radius 2 is 2.57 bits per heavy atom. The first-order chi connectivity index (χ1) is 3.30. The summed E-state index contributed by atoms with van der Waals surface area (Å²) >= 11 is 0. The molecule has 0 saturated heterocycles. The molecule has 1 heterocycles. The Bertz CT molecular complexity index is 142. The predicted octanol–water partition coefficient (Wildman–Crippen LogP) is -0.176. The Morgan fingerprint density at radius 3 is 2.71 bits per heavy atom. The van der Waals surface area contributed by atoms with E-state index >= 15 is 0 Å². The predicted molar refractivity (Wildman–Crippen MR) is 21.9 cm³/mol. The summed E-state index contributed by atoms with van der Waals surface area (Å²) < 4.78 is 0. The fourth-order valence-electron chi connectivity index (χ4n) is 0.293. The van der Waals surface area contributed by atoms with E-state index in [1.807, 2.05) is 0 Å². The van der Waals surface area contributed by atoms with Crippen LogP contribution in [0.25, 0.3) is 0 Å². The third-order valence-electron chi connectivity index (χ3n) is 0.695. The lowest BCUT2D eigenvalue weighted by atomic mass is 10.8. The summed E-state index contributed by atoms with van der Waals surface area (Å²) in [5, 5.41) is 11.9. The highest BCUT2D eigenvalue weighted by Gasteiger charge is 1.88. The lowest BCUT2D eigenvalue weighted by Gasteiger charge is -1.83. The van der Waals surface area contributed by atoms with Crippen LogP contribution in [-0.2, 0) is 0 Å². The highest BCUT2D eigenvalue weighted by atomic mass is 16.5. The first-order valence-electron chi connectivity index (χ1n) is 1.86. The van der Waals surface area contributed by atoms with Crippen LogP contribution in [0.5, 0.6) is 0 Å². The molecule has 0 amide bonds. The average molecular weight is 99.1 g/mol. The summed E-state index contributed by atoms with van der Waals surface area (Å²) in [6.07, 6.45) is 1.29. The van der Waals surface area contributed by atoms with Crippen LogP contribution in [-0.4, -0.2) is 20.1 Å². The number of aromatic nitrogens is 3. The van der Waals surface area contributed by atoms with E-state index in [-0.39, 0.29) is 0 Å². The maximum atomic E-state index is 8.50. The van der Waals surface area contributed by atoms with Crippen LogP contribution in [0.4, 0.5) is 0 Å².